The predicted molar refractivity (Wildman–Crippen MR) is 52.9 cm³/mol. The second kappa shape index (κ2) is 5.31. The van der Waals surface area contributed by atoms with Crippen molar-refractivity contribution in [2.45, 2.75) is 32.6 Å². The largest absolute Gasteiger partial charge is 0.313 e. The molecule has 0 radical (unpaired) electrons. The van der Waals surface area contributed by atoms with Crippen molar-refractivity contribution in [3.05, 3.63) is 0 Å². The summed E-state index contributed by atoms with van der Waals surface area (Å²) >= 11 is 0. The van der Waals surface area contributed by atoms with Crippen molar-refractivity contribution in [1.82, 2.24) is 4.90 Å². The van der Waals surface area contributed by atoms with Crippen molar-refractivity contribution in [2.75, 3.05) is 19.6 Å². The quantitative estimate of drug-likeness (QED) is 0.640. The van der Waals surface area contributed by atoms with E-state index in [0.29, 0.717) is 5.92 Å². The lowest BCUT2D eigenvalue weighted by molar-refractivity contribution is 0.213. The van der Waals surface area contributed by atoms with Crippen molar-refractivity contribution in [3.63, 3.8) is 0 Å². The molecule has 12 heavy (non-hydrogen) atoms. The molecule has 0 aromatic heterocycles. The number of nitrogens with one attached hydrogen (secondary N) is 1. The Morgan fingerprint density at radius 2 is 2.00 bits per heavy atom. The first-order chi connectivity index (χ1) is 5.86. The summed E-state index contributed by atoms with van der Waals surface area (Å²) in [7, 11) is 0. The molecule has 1 aliphatic heterocycles. The molecule has 0 unspecified atom stereocenters. The number of likely N-dealkylation sites (tertiary alicyclic amines) is 1. The van der Waals surface area contributed by atoms with Gasteiger partial charge in [-0.15, -0.1) is 0 Å². The van der Waals surface area contributed by atoms with E-state index in [4.69, 9.17) is 5.41 Å². The van der Waals surface area contributed by atoms with Gasteiger partial charge in [0.2, 0.25) is 0 Å². The van der Waals surface area contributed by atoms with Gasteiger partial charge in [-0.3, -0.25) is 0 Å². The van der Waals surface area contributed by atoms with Crippen molar-refractivity contribution in [2.24, 2.45) is 5.92 Å². The third-order valence-corrected chi connectivity index (χ3v) is 2.70. The normalized spacial score (nSPS) is 22.1. The molecule has 0 saturated carbocycles. The third-order valence-electron chi connectivity index (χ3n) is 2.70. The standard InChI is InChI=1S/C10H20N2/c1-2-10(8-11)9-12-6-4-3-5-7-12/h8,10-11H,2-7,9H2,1H3/t10-/m1/s1. The summed E-state index contributed by atoms with van der Waals surface area (Å²) in [5, 5.41) is 7.23. The van der Waals surface area contributed by atoms with Gasteiger partial charge in [0, 0.05) is 12.5 Å². The van der Waals surface area contributed by atoms with Gasteiger partial charge in [0.25, 0.3) is 0 Å². The Labute approximate surface area is 75.5 Å². The molecule has 1 rings (SSSR count). The van der Waals surface area contributed by atoms with E-state index in [2.05, 4.69) is 11.8 Å². The summed E-state index contributed by atoms with van der Waals surface area (Å²) in [5.74, 6) is 0.489. The van der Waals surface area contributed by atoms with Gasteiger partial charge in [0.1, 0.15) is 0 Å². The molecule has 0 spiro atoms. The zero-order valence-electron chi connectivity index (χ0n) is 8.05. The topological polar surface area (TPSA) is 27.1 Å². The Kier molecular flexibility index (Phi) is 4.30. The van der Waals surface area contributed by atoms with Gasteiger partial charge in [-0.2, -0.15) is 0 Å². The molecule has 0 aromatic carbocycles. The van der Waals surface area contributed by atoms with E-state index in [-0.39, 0.29) is 0 Å². The van der Waals surface area contributed by atoms with Crippen LogP contribution in [0.4, 0.5) is 0 Å². The molecule has 2 heteroatoms. The van der Waals surface area contributed by atoms with E-state index >= 15 is 0 Å². The van der Waals surface area contributed by atoms with Gasteiger partial charge in [-0.25, -0.2) is 0 Å². The molecule has 0 aromatic rings. The molecule has 1 saturated heterocycles. The Hall–Kier alpha value is -0.370. The van der Waals surface area contributed by atoms with Gasteiger partial charge in [0.15, 0.2) is 0 Å². The Balaban J connectivity index is 2.22. The summed E-state index contributed by atoms with van der Waals surface area (Å²) in [6, 6.07) is 0. The van der Waals surface area contributed by atoms with Crippen LogP contribution in [0.15, 0.2) is 0 Å². The molecular weight excluding hydrogens is 148 g/mol. The van der Waals surface area contributed by atoms with Gasteiger partial charge >= 0.3 is 0 Å². The van der Waals surface area contributed by atoms with E-state index in [9.17, 15) is 0 Å². The summed E-state index contributed by atoms with van der Waals surface area (Å²) in [5.41, 5.74) is 0. The van der Waals surface area contributed by atoms with Crippen LogP contribution in [0.2, 0.25) is 0 Å². The first kappa shape index (κ1) is 9.72. The van der Waals surface area contributed by atoms with Crippen LogP contribution < -0.4 is 0 Å². The molecule has 1 aliphatic rings. The molecular formula is C10H20N2. The monoisotopic (exact) mass is 168 g/mol. The number of hydrogen-bond donors (Lipinski definition) is 1. The average molecular weight is 168 g/mol. The van der Waals surface area contributed by atoms with Crippen LogP contribution in [-0.2, 0) is 0 Å². The number of rotatable bonds is 4. The smallest absolute Gasteiger partial charge is 0.00601 e. The highest BCUT2D eigenvalue weighted by Crippen LogP contribution is 2.11. The van der Waals surface area contributed by atoms with E-state index < -0.39 is 0 Å². The minimum atomic E-state index is 0.489. The van der Waals surface area contributed by atoms with Crippen LogP contribution in [0.5, 0.6) is 0 Å². The molecule has 1 N–H and O–H groups in total. The summed E-state index contributed by atoms with van der Waals surface area (Å²) < 4.78 is 0. The Bertz CT molecular complexity index is 128. The first-order valence-electron chi connectivity index (χ1n) is 5.09. The fourth-order valence-corrected chi connectivity index (χ4v) is 1.77. The number of hydrogen-bond acceptors (Lipinski definition) is 2. The van der Waals surface area contributed by atoms with Crippen LogP contribution in [-0.4, -0.2) is 30.7 Å². The predicted octanol–water partition coefficient (Wildman–Crippen LogP) is 2.15. The molecule has 0 bridgehead atoms. The minimum Gasteiger partial charge on any atom is -0.313 e. The van der Waals surface area contributed by atoms with Crippen molar-refractivity contribution in [3.8, 4) is 0 Å². The second-order valence-corrected chi connectivity index (χ2v) is 3.70. The zero-order valence-corrected chi connectivity index (χ0v) is 8.05. The summed E-state index contributed by atoms with van der Waals surface area (Å²) in [4.78, 5) is 2.50. The number of nitrogens with zero attached hydrogens (tertiary/aromatic N) is 1. The van der Waals surface area contributed by atoms with Crippen LogP contribution in [0, 0.1) is 11.3 Å². The van der Waals surface area contributed by atoms with Crippen molar-refractivity contribution >= 4 is 6.21 Å². The maximum absolute atomic E-state index is 7.23. The van der Waals surface area contributed by atoms with Crippen molar-refractivity contribution < 1.29 is 0 Å². The van der Waals surface area contributed by atoms with Gasteiger partial charge < -0.3 is 10.3 Å². The fourth-order valence-electron chi connectivity index (χ4n) is 1.77. The minimum absolute atomic E-state index is 0.489. The summed E-state index contributed by atoms with van der Waals surface area (Å²) in [6.07, 6.45) is 6.83. The van der Waals surface area contributed by atoms with E-state index in [1.807, 2.05) is 0 Å². The number of piperidine rings is 1. The average Bonchev–Trinajstić information content (AvgIpc) is 2.16. The van der Waals surface area contributed by atoms with Crippen LogP contribution in [0.25, 0.3) is 0 Å². The molecule has 1 fully saturated rings. The lowest BCUT2D eigenvalue weighted by Gasteiger charge is -2.28. The van der Waals surface area contributed by atoms with Crippen molar-refractivity contribution in [1.29, 1.82) is 5.41 Å². The van der Waals surface area contributed by atoms with Crippen LogP contribution in [0.3, 0.4) is 0 Å². The van der Waals surface area contributed by atoms with Crippen LogP contribution in [0.1, 0.15) is 32.6 Å². The molecule has 70 valence electrons. The first-order valence-corrected chi connectivity index (χ1v) is 5.09. The summed E-state index contributed by atoms with van der Waals surface area (Å²) in [6.45, 7) is 5.79. The molecule has 0 aliphatic carbocycles. The van der Waals surface area contributed by atoms with Gasteiger partial charge in [-0.05, 0) is 38.6 Å². The Morgan fingerprint density at radius 1 is 1.33 bits per heavy atom. The maximum atomic E-state index is 7.23. The molecule has 1 heterocycles. The van der Waals surface area contributed by atoms with E-state index in [1.54, 1.807) is 6.21 Å². The fraction of sp³-hybridized carbons (Fsp3) is 0.900. The van der Waals surface area contributed by atoms with Crippen LogP contribution >= 0.6 is 0 Å². The van der Waals surface area contributed by atoms with E-state index in [1.165, 1.54) is 32.4 Å². The van der Waals surface area contributed by atoms with E-state index in [0.717, 1.165) is 13.0 Å². The highest BCUT2D eigenvalue weighted by Gasteiger charge is 2.13. The highest BCUT2D eigenvalue weighted by atomic mass is 15.1. The SMILES string of the molecule is CC[C@H](C=N)CN1CCCCC1. The molecule has 1 atom stereocenters. The van der Waals surface area contributed by atoms with Gasteiger partial charge in [-0.1, -0.05) is 13.3 Å². The molecule has 2 nitrogen and oxygen atoms in total. The lowest BCUT2D eigenvalue weighted by Crippen LogP contribution is -2.34. The van der Waals surface area contributed by atoms with Gasteiger partial charge in [0.05, 0.1) is 0 Å². The third kappa shape index (κ3) is 2.94. The second-order valence-electron chi connectivity index (χ2n) is 3.70. The highest BCUT2D eigenvalue weighted by molar-refractivity contribution is 5.56. The Morgan fingerprint density at radius 3 is 2.50 bits per heavy atom. The zero-order chi connectivity index (χ0) is 8.81. The molecule has 0 amide bonds. The maximum Gasteiger partial charge on any atom is 0.00601 e. The lowest BCUT2D eigenvalue weighted by atomic mass is 10.1.